The third kappa shape index (κ3) is 3.84. The molecule has 138 valence electrons. The first kappa shape index (κ1) is 18.3. The molecule has 0 aliphatic heterocycles. The second-order valence-electron chi connectivity index (χ2n) is 5.98. The second kappa shape index (κ2) is 7.78. The average molecular weight is 364 g/mol. The van der Waals surface area contributed by atoms with Crippen molar-refractivity contribution in [2.24, 2.45) is 5.10 Å². The van der Waals surface area contributed by atoms with Crippen LogP contribution >= 0.6 is 0 Å². The van der Waals surface area contributed by atoms with E-state index in [2.05, 4.69) is 10.5 Å². The van der Waals surface area contributed by atoms with E-state index in [9.17, 15) is 9.90 Å². The number of methoxy groups -OCH3 is 2. The molecule has 6 nitrogen and oxygen atoms in total. The summed E-state index contributed by atoms with van der Waals surface area (Å²) in [6.45, 7) is 1.90. The second-order valence-corrected chi connectivity index (χ2v) is 5.98. The number of phenolic OH excluding ortho intramolecular Hbond substituents is 1. The van der Waals surface area contributed by atoms with Crippen LogP contribution < -0.4 is 14.9 Å². The molecule has 0 saturated heterocycles. The van der Waals surface area contributed by atoms with Gasteiger partial charge in [0.1, 0.15) is 5.75 Å². The molecule has 0 atom stereocenters. The van der Waals surface area contributed by atoms with Crippen LogP contribution in [0.25, 0.3) is 10.8 Å². The number of phenols is 1. The summed E-state index contributed by atoms with van der Waals surface area (Å²) in [5.41, 5.74) is 4.30. The lowest BCUT2D eigenvalue weighted by atomic mass is 10.1. The van der Waals surface area contributed by atoms with E-state index in [1.54, 1.807) is 32.4 Å². The lowest BCUT2D eigenvalue weighted by Gasteiger charge is -2.10. The number of aryl methyl sites for hydroxylation is 1. The number of carbonyl (C=O) groups excluding carboxylic acids is 1. The summed E-state index contributed by atoms with van der Waals surface area (Å²) >= 11 is 0. The number of ether oxygens (including phenoxy) is 2. The summed E-state index contributed by atoms with van der Waals surface area (Å²) in [7, 11) is 3.12. The van der Waals surface area contributed by atoms with Gasteiger partial charge in [-0.1, -0.05) is 24.3 Å². The van der Waals surface area contributed by atoms with Crippen LogP contribution in [0, 0.1) is 6.92 Å². The smallest absolute Gasteiger partial charge is 0.275 e. The van der Waals surface area contributed by atoms with E-state index in [0.717, 1.165) is 21.9 Å². The zero-order valence-electron chi connectivity index (χ0n) is 15.3. The summed E-state index contributed by atoms with van der Waals surface area (Å²) in [5, 5.41) is 15.8. The van der Waals surface area contributed by atoms with Crippen molar-refractivity contribution in [3.05, 3.63) is 65.2 Å². The Morgan fingerprint density at radius 2 is 1.67 bits per heavy atom. The Bertz CT molecular complexity index is 1030. The van der Waals surface area contributed by atoms with Gasteiger partial charge >= 0.3 is 0 Å². The van der Waals surface area contributed by atoms with Gasteiger partial charge in [0.2, 0.25) is 0 Å². The molecule has 3 aromatic carbocycles. The van der Waals surface area contributed by atoms with E-state index in [4.69, 9.17) is 9.47 Å². The zero-order valence-corrected chi connectivity index (χ0v) is 15.3. The molecule has 1 amide bonds. The molecule has 0 aromatic heterocycles. The van der Waals surface area contributed by atoms with Crippen molar-refractivity contribution in [2.75, 3.05) is 14.2 Å². The lowest BCUT2D eigenvalue weighted by molar-refractivity contribution is 0.0952. The Labute approximate surface area is 157 Å². The fourth-order valence-electron chi connectivity index (χ4n) is 2.77. The minimum Gasteiger partial charge on any atom is -0.507 e. The molecule has 3 rings (SSSR count). The molecule has 3 aromatic rings. The van der Waals surface area contributed by atoms with Gasteiger partial charge in [0, 0.05) is 5.56 Å². The predicted octanol–water partition coefficient (Wildman–Crippen LogP) is 3.63. The highest BCUT2D eigenvalue weighted by Gasteiger charge is 2.12. The molecule has 0 heterocycles. The van der Waals surface area contributed by atoms with Crippen molar-refractivity contribution in [3.8, 4) is 17.2 Å². The number of fused-ring (bicyclic) bond motifs is 1. The first-order valence-corrected chi connectivity index (χ1v) is 8.31. The zero-order chi connectivity index (χ0) is 19.4. The van der Waals surface area contributed by atoms with Crippen molar-refractivity contribution in [3.63, 3.8) is 0 Å². The Balaban J connectivity index is 1.81. The normalized spacial score (nSPS) is 10.9. The number of hydrogen-bond donors (Lipinski definition) is 2. The van der Waals surface area contributed by atoms with Crippen LogP contribution in [-0.2, 0) is 0 Å². The van der Waals surface area contributed by atoms with Gasteiger partial charge in [0.05, 0.1) is 26.0 Å². The molecule has 0 spiro atoms. The maximum atomic E-state index is 12.4. The SMILES string of the molecule is COc1cc(C)c(/C=N\NC(=O)c2cc3ccccc3cc2O)cc1OC. The van der Waals surface area contributed by atoms with Gasteiger partial charge in [0.25, 0.3) is 5.91 Å². The van der Waals surface area contributed by atoms with Gasteiger partial charge in [-0.2, -0.15) is 5.10 Å². The number of benzene rings is 3. The van der Waals surface area contributed by atoms with Crippen LogP contribution in [0.3, 0.4) is 0 Å². The third-order valence-electron chi connectivity index (χ3n) is 4.25. The van der Waals surface area contributed by atoms with Gasteiger partial charge in [-0.3, -0.25) is 4.79 Å². The molecule has 0 aliphatic rings. The van der Waals surface area contributed by atoms with Crippen LogP contribution in [0.5, 0.6) is 17.2 Å². The third-order valence-corrected chi connectivity index (χ3v) is 4.25. The maximum absolute atomic E-state index is 12.4. The first-order chi connectivity index (χ1) is 13.0. The van der Waals surface area contributed by atoms with Crippen LogP contribution in [0.4, 0.5) is 0 Å². The number of hydrogen-bond acceptors (Lipinski definition) is 5. The number of amides is 1. The highest BCUT2D eigenvalue weighted by Crippen LogP contribution is 2.29. The monoisotopic (exact) mass is 364 g/mol. The number of rotatable bonds is 5. The van der Waals surface area contributed by atoms with Crippen molar-refractivity contribution < 1.29 is 19.4 Å². The Hall–Kier alpha value is -3.54. The van der Waals surface area contributed by atoms with Crippen molar-refractivity contribution in [2.45, 2.75) is 6.92 Å². The fraction of sp³-hybridized carbons (Fsp3) is 0.143. The van der Waals surface area contributed by atoms with E-state index in [1.165, 1.54) is 6.21 Å². The van der Waals surface area contributed by atoms with E-state index >= 15 is 0 Å². The Morgan fingerprint density at radius 1 is 1.04 bits per heavy atom. The lowest BCUT2D eigenvalue weighted by Crippen LogP contribution is -2.17. The highest BCUT2D eigenvalue weighted by atomic mass is 16.5. The molecule has 2 N–H and O–H groups in total. The van der Waals surface area contributed by atoms with E-state index in [0.29, 0.717) is 11.5 Å². The molecule has 0 bridgehead atoms. The summed E-state index contributed by atoms with van der Waals surface area (Å²) in [5.74, 6) is 0.608. The quantitative estimate of drug-likeness (QED) is 0.535. The van der Waals surface area contributed by atoms with Crippen LogP contribution in [0.15, 0.2) is 53.6 Å². The van der Waals surface area contributed by atoms with E-state index in [-0.39, 0.29) is 11.3 Å². The molecular formula is C21H20N2O4. The molecule has 27 heavy (non-hydrogen) atoms. The van der Waals surface area contributed by atoms with Gasteiger partial charge in [-0.25, -0.2) is 5.43 Å². The predicted molar refractivity (Wildman–Crippen MR) is 105 cm³/mol. The van der Waals surface area contributed by atoms with Crippen molar-refractivity contribution >= 4 is 22.9 Å². The van der Waals surface area contributed by atoms with Crippen molar-refractivity contribution in [1.29, 1.82) is 0 Å². The maximum Gasteiger partial charge on any atom is 0.275 e. The van der Waals surface area contributed by atoms with Crippen LogP contribution in [0.1, 0.15) is 21.5 Å². The minimum absolute atomic E-state index is 0.0938. The number of nitrogens with one attached hydrogen (secondary N) is 1. The minimum atomic E-state index is -0.493. The van der Waals surface area contributed by atoms with Gasteiger partial charge in [-0.05, 0) is 47.5 Å². The van der Waals surface area contributed by atoms with E-state index in [1.807, 2.05) is 37.3 Å². The molecule has 6 heteroatoms. The Morgan fingerprint density at radius 3 is 2.33 bits per heavy atom. The molecular weight excluding hydrogens is 344 g/mol. The average Bonchev–Trinajstić information content (AvgIpc) is 2.68. The summed E-state index contributed by atoms with van der Waals surface area (Å²) in [6.07, 6.45) is 1.52. The Kier molecular flexibility index (Phi) is 5.26. The summed E-state index contributed by atoms with van der Waals surface area (Å²) < 4.78 is 10.5. The largest absolute Gasteiger partial charge is 0.507 e. The number of hydrazone groups is 1. The van der Waals surface area contributed by atoms with Gasteiger partial charge < -0.3 is 14.6 Å². The van der Waals surface area contributed by atoms with Crippen molar-refractivity contribution in [1.82, 2.24) is 5.43 Å². The van der Waals surface area contributed by atoms with Gasteiger partial charge in [0.15, 0.2) is 11.5 Å². The topological polar surface area (TPSA) is 80.2 Å². The molecule has 0 radical (unpaired) electrons. The number of nitrogens with zero attached hydrogens (tertiary/aromatic N) is 1. The van der Waals surface area contributed by atoms with E-state index < -0.39 is 5.91 Å². The summed E-state index contributed by atoms with van der Waals surface area (Å²) in [6, 6.07) is 14.3. The van der Waals surface area contributed by atoms with Gasteiger partial charge in [-0.15, -0.1) is 0 Å². The van der Waals surface area contributed by atoms with Crippen LogP contribution in [-0.4, -0.2) is 31.4 Å². The molecule has 0 saturated carbocycles. The molecule has 0 unspecified atom stereocenters. The number of carbonyl (C=O) groups is 1. The first-order valence-electron chi connectivity index (χ1n) is 8.31. The summed E-state index contributed by atoms with van der Waals surface area (Å²) in [4.78, 5) is 12.4. The van der Waals surface area contributed by atoms with Crippen LogP contribution in [0.2, 0.25) is 0 Å². The molecule has 0 fully saturated rings. The molecule has 0 aliphatic carbocycles. The highest BCUT2D eigenvalue weighted by molar-refractivity contribution is 6.01. The number of aromatic hydroxyl groups is 1. The fourth-order valence-corrected chi connectivity index (χ4v) is 2.77. The standard InChI is InChI=1S/C21H20N2O4/c1-13-8-19(26-2)20(27-3)11-16(13)12-22-23-21(25)17-9-14-6-4-5-7-15(14)10-18(17)24/h4-12,24H,1-3H3,(H,23,25)/b22-12-.